The Hall–Kier alpha value is -2.22. The van der Waals surface area contributed by atoms with Crippen molar-refractivity contribution in [3.63, 3.8) is 0 Å². The van der Waals surface area contributed by atoms with Crippen LogP contribution in [0, 0.1) is 5.92 Å². The molecule has 4 fully saturated rings. The molecule has 186 valence electrons. The SMILES string of the molecule is O=C(COc1ccc(Cl)c(C(F)(F)F)c1)NC12CC(N3CCC(/C=C\c4ccc(Cl)cc4)C3)(C1)C2. The highest BCUT2D eigenvalue weighted by Gasteiger charge is 2.71. The maximum absolute atomic E-state index is 13.0. The molecule has 1 amide bonds. The van der Waals surface area contributed by atoms with Crippen LogP contribution < -0.4 is 10.1 Å². The van der Waals surface area contributed by atoms with Crippen LogP contribution in [0.1, 0.15) is 36.8 Å². The molecule has 4 aliphatic rings. The van der Waals surface area contributed by atoms with Gasteiger partial charge in [0.2, 0.25) is 0 Å². The van der Waals surface area contributed by atoms with Crippen molar-refractivity contribution in [1.82, 2.24) is 10.2 Å². The molecule has 0 aromatic heterocycles. The Morgan fingerprint density at radius 2 is 1.86 bits per heavy atom. The first-order valence-corrected chi connectivity index (χ1v) is 12.3. The second-order valence-electron chi connectivity index (χ2n) is 9.92. The van der Waals surface area contributed by atoms with Gasteiger partial charge in [-0.3, -0.25) is 9.69 Å². The zero-order valence-electron chi connectivity index (χ0n) is 18.9. The zero-order valence-corrected chi connectivity index (χ0v) is 20.4. The minimum atomic E-state index is -4.58. The highest BCUT2D eigenvalue weighted by atomic mass is 35.5. The molecule has 1 heterocycles. The van der Waals surface area contributed by atoms with Crippen molar-refractivity contribution in [3.8, 4) is 5.75 Å². The first-order chi connectivity index (χ1) is 16.6. The van der Waals surface area contributed by atoms with Crippen LogP contribution in [0.3, 0.4) is 0 Å². The molecule has 2 aromatic carbocycles. The van der Waals surface area contributed by atoms with Gasteiger partial charge in [0, 0.05) is 22.6 Å². The fourth-order valence-electron chi connectivity index (χ4n) is 5.69. The molecule has 2 aromatic rings. The Morgan fingerprint density at radius 1 is 1.14 bits per heavy atom. The molecule has 0 spiro atoms. The molecule has 35 heavy (non-hydrogen) atoms. The van der Waals surface area contributed by atoms with Crippen LogP contribution in [0.25, 0.3) is 6.08 Å². The van der Waals surface area contributed by atoms with Gasteiger partial charge in [0.1, 0.15) is 5.75 Å². The molecule has 1 aliphatic heterocycles. The molecule has 6 rings (SSSR count). The van der Waals surface area contributed by atoms with Crippen LogP contribution in [0.4, 0.5) is 13.2 Å². The highest BCUT2D eigenvalue weighted by molar-refractivity contribution is 6.31. The number of ether oxygens (including phenoxy) is 1. The average Bonchev–Trinajstić information content (AvgIpc) is 3.22. The summed E-state index contributed by atoms with van der Waals surface area (Å²) in [5.41, 5.74) is 0.102. The predicted octanol–water partition coefficient (Wildman–Crippen LogP) is 6.22. The largest absolute Gasteiger partial charge is 0.484 e. The van der Waals surface area contributed by atoms with Crippen LogP contribution >= 0.6 is 23.2 Å². The highest BCUT2D eigenvalue weighted by Crippen LogP contribution is 2.64. The summed E-state index contributed by atoms with van der Waals surface area (Å²) < 4.78 is 44.3. The summed E-state index contributed by atoms with van der Waals surface area (Å²) in [5.74, 6) is 0.132. The third-order valence-electron chi connectivity index (χ3n) is 7.35. The van der Waals surface area contributed by atoms with Gasteiger partial charge in [0.05, 0.1) is 10.6 Å². The van der Waals surface area contributed by atoms with Crippen molar-refractivity contribution in [3.05, 3.63) is 69.7 Å². The molecule has 3 saturated carbocycles. The third kappa shape index (κ3) is 5.04. The lowest BCUT2D eigenvalue weighted by atomic mass is 9.43. The molecule has 1 atom stereocenters. The lowest BCUT2D eigenvalue weighted by Gasteiger charge is -2.73. The first kappa shape index (κ1) is 24.5. The monoisotopic (exact) mass is 524 g/mol. The Bertz CT molecular complexity index is 1130. The summed E-state index contributed by atoms with van der Waals surface area (Å²) in [5, 5.41) is 3.36. The minimum Gasteiger partial charge on any atom is -0.484 e. The second kappa shape index (κ2) is 9.02. The maximum Gasteiger partial charge on any atom is 0.417 e. The summed E-state index contributed by atoms with van der Waals surface area (Å²) in [6, 6.07) is 11.0. The smallest absolute Gasteiger partial charge is 0.417 e. The number of nitrogens with one attached hydrogen (secondary N) is 1. The Kier molecular flexibility index (Phi) is 6.31. The third-order valence-corrected chi connectivity index (χ3v) is 7.93. The number of hydrogen-bond donors (Lipinski definition) is 1. The fourth-order valence-corrected chi connectivity index (χ4v) is 6.04. The number of halogens is 5. The standard InChI is InChI=1S/C26H25Cl2F3N2O2/c27-19-5-3-17(4-6-19)1-2-18-9-10-33(12-18)25-14-24(15-25,16-25)32-23(34)13-35-20-7-8-22(28)21(11-20)26(29,30)31/h1-8,11,18H,9-10,12-16H2,(H,32,34)/b2-1-. The van der Waals surface area contributed by atoms with Gasteiger partial charge in [-0.15, -0.1) is 0 Å². The van der Waals surface area contributed by atoms with Crippen molar-refractivity contribution < 1.29 is 22.7 Å². The summed E-state index contributed by atoms with van der Waals surface area (Å²) in [6.45, 7) is 1.71. The van der Waals surface area contributed by atoms with Gasteiger partial charge >= 0.3 is 6.18 Å². The number of carbonyl (C=O) groups excluding carboxylic acids is 1. The quantitative estimate of drug-likeness (QED) is 0.467. The van der Waals surface area contributed by atoms with E-state index in [1.807, 2.05) is 24.3 Å². The Balaban J connectivity index is 1.08. The van der Waals surface area contributed by atoms with E-state index in [1.54, 1.807) is 0 Å². The number of benzene rings is 2. The molecule has 1 N–H and O–H groups in total. The van der Waals surface area contributed by atoms with Crippen LogP contribution in [0.15, 0.2) is 48.5 Å². The van der Waals surface area contributed by atoms with Gasteiger partial charge < -0.3 is 10.1 Å². The van der Waals surface area contributed by atoms with Crippen molar-refractivity contribution in [2.24, 2.45) is 5.92 Å². The van der Waals surface area contributed by atoms with Crippen molar-refractivity contribution in [1.29, 1.82) is 0 Å². The Labute approximate surface area is 212 Å². The molecular formula is C26H25Cl2F3N2O2. The van der Waals surface area contributed by atoms with Gasteiger partial charge in [-0.05, 0) is 74.0 Å². The van der Waals surface area contributed by atoms with E-state index in [0.717, 1.165) is 61.5 Å². The van der Waals surface area contributed by atoms with Crippen molar-refractivity contribution in [2.45, 2.75) is 42.9 Å². The summed E-state index contributed by atoms with van der Waals surface area (Å²) >= 11 is 11.6. The molecule has 1 unspecified atom stereocenters. The van der Waals surface area contributed by atoms with E-state index in [4.69, 9.17) is 27.9 Å². The van der Waals surface area contributed by atoms with Gasteiger partial charge in [-0.25, -0.2) is 0 Å². The fraction of sp³-hybridized carbons (Fsp3) is 0.423. The molecule has 0 radical (unpaired) electrons. The van der Waals surface area contributed by atoms with E-state index in [2.05, 4.69) is 22.4 Å². The molecular weight excluding hydrogens is 500 g/mol. The normalized spacial score (nSPS) is 28.0. The minimum absolute atomic E-state index is 0.0410. The van der Waals surface area contributed by atoms with Gasteiger partial charge in [0.25, 0.3) is 5.91 Å². The molecule has 3 aliphatic carbocycles. The number of carbonyl (C=O) groups is 1. The van der Waals surface area contributed by atoms with Crippen LogP contribution in [0.2, 0.25) is 10.0 Å². The number of nitrogens with zero attached hydrogens (tertiary/aromatic N) is 1. The van der Waals surface area contributed by atoms with E-state index >= 15 is 0 Å². The van der Waals surface area contributed by atoms with Gasteiger partial charge in [-0.2, -0.15) is 13.2 Å². The average molecular weight is 525 g/mol. The number of amides is 1. The lowest BCUT2D eigenvalue weighted by Crippen LogP contribution is -2.83. The lowest BCUT2D eigenvalue weighted by molar-refractivity contribution is -0.178. The van der Waals surface area contributed by atoms with Crippen LogP contribution in [-0.4, -0.2) is 41.6 Å². The van der Waals surface area contributed by atoms with Gasteiger partial charge in [-0.1, -0.05) is 47.5 Å². The predicted molar refractivity (Wildman–Crippen MR) is 130 cm³/mol. The van der Waals surface area contributed by atoms with E-state index < -0.39 is 16.8 Å². The second-order valence-corrected chi connectivity index (χ2v) is 10.8. The van der Waals surface area contributed by atoms with Crippen molar-refractivity contribution in [2.75, 3.05) is 19.7 Å². The van der Waals surface area contributed by atoms with Crippen LogP contribution in [-0.2, 0) is 11.0 Å². The number of hydrogen-bond acceptors (Lipinski definition) is 3. The molecule has 1 saturated heterocycles. The zero-order chi connectivity index (χ0) is 24.8. The van der Waals surface area contributed by atoms with E-state index in [0.29, 0.717) is 5.92 Å². The van der Waals surface area contributed by atoms with Crippen molar-refractivity contribution >= 4 is 35.2 Å². The molecule has 9 heteroatoms. The molecule has 2 bridgehead atoms. The van der Waals surface area contributed by atoms with Gasteiger partial charge in [0.15, 0.2) is 6.61 Å². The maximum atomic E-state index is 13.0. The summed E-state index contributed by atoms with van der Waals surface area (Å²) in [7, 11) is 0. The molecule has 4 nitrogen and oxygen atoms in total. The number of rotatable bonds is 7. The summed E-state index contributed by atoms with van der Waals surface area (Å²) in [6.07, 6.45) is 3.64. The summed E-state index contributed by atoms with van der Waals surface area (Å²) in [4.78, 5) is 14.9. The van der Waals surface area contributed by atoms with E-state index in [9.17, 15) is 18.0 Å². The van der Waals surface area contributed by atoms with E-state index in [1.165, 1.54) is 6.07 Å². The topological polar surface area (TPSA) is 41.6 Å². The number of alkyl halides is 3. The van der Waals surface area contributed by atoms with Crippen LogP contribution in [0.5, 0.6) is 5.75 Å². The number of likely N-dealkylation sites (tertiary alicyclic amines) is 1. The Morgan fingerprint density at radius 3 is 2.54 bits per heavy atom. The van der Waals surface area contributed by atoms with E-state index in [-0.39, 0.29) is 29.3 Å². The first-order valence-electron chi connectivity index (χ1n) is 11.6.